The van der Waals surface area contributed by atoms with Gasteiger partial charge in [0.25, 0.3) is 0 Å². The second-order valence-electron chi connectivity index (χ2n) is 6.53. The van der Waals surface area contributed by atoms with Crippen molar-refractivity contribution < 1.29 is 19.1 Å². The van der Waals surface area contributed by atoms with Crippen molar-refractivity contribution in [3.05, 3.63) is 34.4 Å². The molecule has 0 heterocycles. The summed E-state index contributed by atoms with van der Waals surface area (Å²) in [5, 5.41) is 0. The number of hydrogen-bond acceptors (Lipinski definition) is 4. The first-order chi connectivity index (χ1) is 11.5. The van der Waals surface area contributed by atoms with Gasteiger partial charge in [0.2, 0.25) is 0 Å². The minimum Gasteiger partial charge on any atom is -0.465 e. The molecule has 0 fully saturated rings. The van der Waals surface area contributed by atoms with Gasteiger partial charge in [0.05, 0.1) is 13.2 Å². The Labute approximate surface area is 144 Å². The van der Waals surface area contributed by atoms with E-state index in [1.165, 1.54) is 11.1 Å². The summed E-state index contributed by atoms with van der Waals surface area (Å²) in [7, 11) is 0. The van der Waals surface area contributed by atoms with Crippen molar-refractivity contribution in [3.8, 4) is 0 Å². The van der Waals surface area contributed by atoms with Gasteiger partial charge in [-0.3, -0.25) is 9.59 Å². The zero-order valence-corrected chi connectivity index (χ0v) is 15.2. The van der Waals surface area contributed by atoms with E-state index in [0.717, 1.165) is 30.4 Å². The Bertz CT molecular complexity index is 600. The molecule has 132 valence electrons. The highest BCUT2D eigenvalue weighted by atomic mass is 16.6. The normalized spacial score (nSPS) is 15.0. The lowest BCUT2D eigenvalue weighted by Crippen LogP contribution is -2.43. The van der Waals surface area contributed by atoms with E-state index < -0.39 is 17.4 Å². The average molecular weight is 332 g/mol. The van der Waals surface area contributed by atoms with E-state index in [9.17, 15) is 9.59 Å². The van der Waals surface area contributed by atoms with E-state index in [4.69, 9.17) is 9.47 Å². The van der Waals surface area contributed by atoms with E-state index in [2.05, 4.69) is 26.0 Å². The summed E-state index contributed by atoms with van der Waals surface area (Å²) in [6.07, 6.45) is 4.06. The fourth-order valence-electron chi connectivity index (χ4n) is 3.45. The summed E-state index contributed by atoms with van der Waals surface area (Å²) in [6.45, 7) is 8.31. The van der Waals surface area contributed by atoms with E-state index in [0.29, 0.717) is 12.8 Å². The van der Waals surface area contributed by atoms with Crippen LogP contribution < -0.4 is 0 Å². The second kappa shape index (κ2) is 7.82. The summed E-state index contributed by atoms with van der Waals surface area (Å²) in [5.41, 5.74) is 3.45. The number of unbranched alkanes of at least 4 members (excludes halogenated alkanes) is 1. The van der Waals surface area contributed by atoms with Crippen molar-refractivity contribution in [1.82, 2.24) is 0 Å². The lowest BCUT2D eigenvalue weighted by Gasteiger charge is -2.23. The molecule has 0 aromatic heterocycles. The number of rotatable bonds is 7. The second-order valence-corrected chi connectivity index (χ2v) is 6.53. The van der Waals surface area contributed by atoms with Crippen molar-refractivity contribution in [2.24, 2.45) is 5.41 Å². The van der Waals surface area contributed by atoms with E-state index in [1.807, 2.05) is 0 Å². The molecule has 24 heavy (non-hydrogen) atoms. The Morgan fingerprint density at radius 1 is 1.00 bits per heavy atom. The summed E-state index contributed by atoms with van der Waals surface area (Å²) in [4.78, 5) is 25.1. The van der Waals surface area contributed by atoms with Gasteiger partial charge in [-0.25, -0.2) is 0 Å². The van der Waals surface area contributed by atoms with Crippen LogP contribution in [0.1, 0.15) is 55.9 Å². The topological polar surface area (TPSA) is 52.6 Å². The SMILES string of the molecule is CCCCc1cc2c(cc1C)CC(C(=O)OCC)(C(=O)OCC)C2. The Kier molecular flexibility index (Phi) is 6.03. The average Bonchev–Trinajstić information content (AvgIpc) is 2.92. The Hall–Kier alpha value is -1.84. The highest BCUT2D eigenvalue weighted by Crippen LogP contribution is 2.40. The lowest BCUT2D eigenvalue weighted by molar-refractivity contribution is -0.171. The number of fused-ring (bicyclic) bond motifs is 1. The zero-order chi connectivity index (χ0) is 17.7. The highest BCUT2D eigenvalue weighted by Gasteiger charge is 2.53. The first-order valence-electron chi connectivity index (χ1n) is 8.94. The molecule has 1 aliphatic carbocycles. The molecule has 2 rings (SSSR count). The molecule has 0 atom stereocenters. The van der Waals surface area contributed by atoms with Crippen LogP contribution in [0.25, 0.3) is 0 Å². The van der Waals surface area contributed by atoms with Gasteiger partial charge >= 0.3 is 11.9 Å². The van der Waals surface area contributed by atoms with Gasteiger partial charge < -0.3 is 9.47 Å². The van der Waals surface area contributed by atoms with Crippen LogP contribution in [-0.4, -0.2) is 25.2 Å². The molecule has 0 spiro atoms. The van der Waals surface area contributed by atoms with Gasteiger partial charge in [0, 0.05) is 0 Å². The molecule has 4 nitrogen and oxygen atoms in total. The van der Waals surface area contributed by atoms with Gasteiger partial charge in [-0.15, -0.1) is 0 Å². The van der Waals surface area contributed by atoms with Gasteiger partial charge in [-0.2, -0.15) is 0 Å². The predicted octanol–water partition coefficient (Wildman–Crippen LogP) is 3.55. The third-order valence-corrected chi connectivity index (χ3v) is 4.77. The molecule has 1 aromatic carbocycles. The number of ether oxygens (including phenoxy) is 2. The van der Waals surface area contributed by atoms with Crippen molar-refractivity contribution in [2.45, 2.75) is 59.8 Å². The quantitative estimate of drug-likeness (QED) is 0.566. The molecule has 0 bridgehead atoms. The maximum Gasteiger partial charge on any atom is 0.324 e. The summed E-state index contributed by atoms with van der Waals surface area (Å²) in [5.74, 6) is -0.931. The predicted molar refractivity (Wildman–Crippen MR) is 92.9 cm³/mol. The molecule has 0 amide bonds. The van der Waals surface area contributed by atoms with Crippen LogP contribution in [0.15, 0.2) is 12.1 Å². The van der Waals surface area contributed by atoms with Crippen molar-refractivity contribution in [1.29, 1.82) is 0 Å². The smallest absolute Gasteiger partial charge is 0.324 e. The lowest BCUT2D eigenvalue weighted by atomic mass is 9.84. The first-order valence-corrected chi connectivity index (χ1v) is 8.94. The fraction of sp³-hybridized carbons (Fsp3) is 0.600. The molecule has 0 radical (unpaired) electrons. The van der Waals surface area contributed by atoms with Crippen LogP contribution in [0.3, 0.4) is 0 Å². The first kappa shape index (κ1) is 18.5. The number of carbonyl (C=O) groups excluding carboxylic acids is 2. The maximum absolute atomic E-state index is 12.6. The molecule has 1 aromatic rings. The maximum atomic E-state index is 12.6. The van der Waals surface area contributed by atoms with Crippen LogP contribution in [-0.2, 0) is 38.3 Å². The largest absolute Gasteiger partial charge is 0.465 e. The van der Waals surface area contributed by atoms with Crippen LogP contribution in [0, 0.1) is 12.3 Å². The molecule has 0 aliphatic heterocycles. The molecule has 0 unspecified atom stereocenters. The van der Waals surface area contributed by atoms with Crippen molar-refractivity contribution in [2.75, 3.05) is 13.2 Å². The van der Waals surface area contributed by atoms with Gasteiger partial charge in [0.15, 0.2) is 5.41 Å². The fourth-order valence-corrected chi connectivity index (χ4v) is 3.45. The van der Waals surface area contributed by atoms with Gasteiger partial charge in [0.1, 0.15) is 0 Å². The third kappa shape index (κ3) is 3.47. The monoisotopic (exact) mass is 332 g/mol. The minimum atomic E-state index is -1.22. The van der Waals surface area contributed by atoms with E-state index in [-0.39, 0.29) is 13.2 Å². The van der Waals surface area contributed by atoms with Crippen LogP contribution in [0.2, 0.25) is 0 Å². The van der Waals surface area contributed by atoms with E-state index >= 15 is 0 Å². The number of benzene rings is 1. The van der Waals surface area contributed by atoms with Gasteiger partial charge in [-0.05, 0) is 68.7 Å². The summed E-state index contributed by atoms with van der Waals surface area (Å²) < 4.78 is 10.4. The molecular weight excluding hydrogens is 304 g/mol. The minimum absolute atomic E-state index is 0.261. The molecule has 4 heteroatoms. The summed E-state index contributed by atoms with van der Waals surface area (Å²) in [6, 6.07) is 4.29. The van der Waals surface area contributed by atoms with Gasteiger partial charge in [-0.1, -0.05) is 25.5 Å². The Balaban J connectivity index is 2.36. The number of esters is 2. The molecule has 0 saturated heterocycles. The number of aryl methyl sites for hydroxylation is 2. The standard InChI is InChI=1S/C20H28O4/c1-5-8-9-15-11-17-13-20(18(21)23-6-2,19(22)24-7-3)12-16(17)10-14(15)4/h10-11H,5-9,12-13H2,1-4H3. The Morgan fingerprint density at radius 2 is 1.54 bits per heavy atom. The van der Waals surface area contributed by atoms with E-state index in [1.54, 1.807) is 13.8 Å². The Morgan fingerprint density at radius 3 is 2.04 bits per heavy atom. The highest BCUT2D eigenvalue weighted by molar-refractivity contribution is 6.01. The molecular formula is C20H28O4. The van der Waals surface area contributed by atoms with Crippen LogP contribution >= 0.6 is 0 Å². The van der Waals surface area contributed by atoms with Crippen LogP contribution in [0.4, 0.5) is 0 Å². The molecule has 0 saturated carbocycles. The molecule has 1 aliphatic rings. The number of carbonyl (C=O) groups is 2. The van der Waals surface area contributed by atoms with Crippen LogP contribution in [0.5, 0.6) is 0 Å². The number of hydrogen-bond donors (Lipinski definition) is 0. The van der Waals surface area contributed by atoms with Crippen molar-refractivity contribution >= 4 is 11.9 Å². The van der Waals surface area contributed by atoms with Crippen molar-refractivity contribution in [3.63, 3.8) is 0 Å². The third-order valence-electron chi connectivity index (χ3n) is 4.77. The zero-order valence-electron chi connectivity index (χ0n) is 15.2. The molecule has 0 N–H and O–H groups in total. The summed E-state index contributed by atoms with van der Waals surface area (Å²) >= 11 is 0.